The highest BCUT2D eigenvalue weighted by molar-refractivity contribution is 7.88. The molecule has 26 heavy (non-hydrogen) atoms. The summed E-state index contributed by atoms with van der Waals surface area (Å²) in [5.74, 6) is 0.281. The van der Waals surface area contributed by atoms with E-state index in [9.17, 15) is 8.42 Å². The molecule has 0 radical (unpaired) electrons. The Balaban J connectivity index is 1.45. The van der Waals surface area contributed by atoms with Gasteiger partial charge in [0.2, 0.25) is 21.7 Å². The second-order valence-corrected chi connectivity index (χ2v) is 7.39. The first kappa shape index (κ1) is 16.4. The molecule has 0 aliphatic heterocycles. The molecule has 0 amide bonds. The van der Waals surface area contributed by atoms with E-state index >= 15 is 0 Å². The van der Waals surface area contributed by atoms with Crippen LogP contribution in [0.1, 0.15) is 11.6 Å². The van der Waals surface area contributed by atoms with Gasteiger partial charge in [-0.15, -0.1) is 0 Å². The Kier molecular flexibility index (Phi) is 4.23. The molecule has 8 nitrogen and oxygen atoms in total. The van der Waals surface area contributed by atoms with E-state index in [2.05, 4.69) is 20.0 Å². The van der Waals surface area contributed by atoms with Gasteiger partial charge in [-0.05, 0) is 12.1 Å². The normalized spacial score (nSPS) is 11.8. The molecule has 0 aliphatic carbocycles. The van der Waals surface area contributed by atoms with E-state index in [-0.39, 0.29) is 18.2 Å². The third-order valence-corrected chi connectivity index (χ3v) is 4.96. The van der Waals surface area contributed by atoms with E-state index in [0.717, 1.165) is 5.56 Å². The van der Waals surface area contributed by atoms with Crippen LogP contribution in [0.4, 0.5) is 0 Å². The zero-order valence-electron chi connectivity index (χ0n) is 13.5. The topological polar surface area (TPSA) is 111 Å². The fraction of sp³-hybridized carbons (Fsp3) is 0.118. The number of nitrogens with zero attached hydrogens (tertiary/aromatic N) is 3. The zero-order chi connectivity index (χ0) is 18.0. The fourth-order valence-corrected chi connectivity index (χ4v) is 3.49. The zero-order valence-corrected chi connectivity index (χ0v) is 14.3. The highest BCUT2D eigenvalue weighted by atomic mass is 32.2. The molecule has 0 saturated carbocycles. The van der Waals surface area contributed by atoms with Crippen molar-refractivity contribution in [1.82, 2.24) is 20.0 Å². The summed E-state index contributed by atoms with van der Waals surface area (Å²) in [5.41, 5.74) is 1.69. The number of sulfonamides is 1. The van der Waals surface area contributed by atoms with Crippen molar-refractivity contribution in [2.24, 2.45) is 0 Å². The van der Waals surface area contributed by atoms with Gasteiger partial charge >= 0.3 is 0 Å². The molecule has 0 fully saturated rings. The predicted molar refractivity (Wildman–Crippen MR) is 93.2 cm³/mol. The molecule has 132 valence electrons. The molecule has 0 saturated heterocycles. The van der Waals surface area contributed by atoms with Crippen molar-refractivity contribution in [3.8, 4) is 11.4 Å². The van der Waals surface area contributed by atoms with Gasteiger partial charge in [0.15, 0.2) is 5.58 Å². The lowest BCUT2D eigenvalue weighted by atomic mass is 10.2. The summed E-state index contributed by atoms with van der Waals surface area (Å²) in [5, 5.41) is 8.36. The highest BCUT2D eigenvalue weighted by Crippen LogP contribution is 2.19. The fourth-order valence-electron chi connectivity index (χ4n) is 2.48. The van der Waals surface area contributed by atoms with E-state index < -0.39 is 10.0 Å². The standard InChI is InChI=1S/C17H14N4O4S/c22-26(23,11-14-13-8-4-5-9-15(13)24-20-14)18-10-16-19-17(21-25-16)12-6-2-1-3-7-12/h1-9,18H,10-11H2. The Morgan fingerprint density at radius 3 is 2.54 bits per heavy atom. The molecule has 0 spiro atoms. The van der Waals surface area contributed by atoms with Gasteiger partial charge in [0, 0.05) is 10.9 Å². The summed E-state index contributed by atoms with van der Waals surface area (Å²) >= 11 is 0. The van der Waals surface area contributed by atoms with Gasteiger partial charge in [-0.3, -0.25) is 0 Å². The van der Waals surface area contributed by atoms with Crippen LogP contribution in [0.15, 0.2) is 63.6 Å². The molecule has 2 aromatic carbocycles. The predicted octanol–water partition coefficient (Wildman–Crippen LogP) is 2.50. The Morgan fingerprint density at radius 1 is 0.923 bits per heavy atom. The van der Waals surface area contributed by atoms with Crippen molar-refractivity contribution in [2.75, 3.05) is 0 Å². The number of benzene rings is 2. The number of fused-ring (bicyclic) bond motifs is 1. The molecule has 2 aromatic heterocycles. The van der Waals surface area contributed by atoms with Crippen LogP contribution >= 0.6 is 0 Å². The second-order valence-electron chi connectivity index (χ2n) is 5.58. The van der Waals surface area contributed by atoms with Crippen LogP contribution in [-0.4, -0.2) is 23.7 Å². The van der Waals surface area contributed by atoms with Gasteiger partial charge < -0.3 is 9.05 Å². The van der Waals surface area contributed by atoms with Gasteiger partial charge in [-0.1, -0.05) is 52.8 Å². The Labute approximate surface area is 148 Å². The Hall–Kier alpha value is -3.04. The van der Waals surface area contributed by atoms with Crippen LogP contribution in [0.3, 0.4) is 0 Å². The van der Waals surface area contributed by atoms with Gasteiger partial charge in [0.1, 0.15) is 11.4 Å². The average molecular weight is 370 g/mol. The largest absolute Gasteiger partial charge is 0.356 e. The maximum atomic E-state index is 12.3. The van der Waals surface area contributed by atoms with Gasteiger partial charge in [-0.2, -0.15) is 4.98 Å². The molecule has 4 aromatic rings. The molecule has 4 rings (SSSR count). The third kappa shape index (κ3) is 3.48. The lowest BCUT2D eigenvalue weighted by Crippen LogP contribution is -2.25. The average Bonchev–Trinajstić information content (AvgIpc) is 3.28. The van der Waals surface area contributed by atoms with Crippen LogP contribution in [0.5, 0.6) is 0 Å². The van der Waals surface area contributed by atoms with Crippen molar-refractivity contribution < 1.29 is 17.5 Å². The second kappa shape index (κ2) is 6.70. The number of hydrogen-bond acceptors (Lipinski definition) is 7. The lowest BCUT2D eigenvalue weighted by Gasteiger charge is -2.02. The molecule has 1 N–H and O–H groups in total. The van der Waals surface area contributed by atoms with Crippen molar-refractivity contribution >= 4 is 21.0 Å². The number of rotatable bonds is 6. The maximum absolute atomic E-state index is 12.3. The number of hydrogen-bond donors (Lipinski definition) is 1. The van der Waals surface area contributed by atoms with Crippen molar-refractivity contribution in [3.63, 3.8) is 0 Å². The first-order valence-electron chi connectivity index (χ1n) is 7.79. The minimum atomic E-state index is -3.65. The minimum absolute atomic E-state index is 0.0993. The third-order valence-electron chi connectivity index (χ3n) is 3.72. The monoisotopic (exact) mass is 370 g/mol. The van der Waals surface area contributed by atoms with E-state index in [1.54, 1.807) is 24.3 Å². The molecular weight excluding hydrogens is 356 g/mol. The SMILES string of the molecule is O=S(=O)(Cc1noc2ccccc12)NCc1nc(-c2ccccc2)no1. The van der Waals surface area contributed by atoms with Gasteiger partial charge in [0.05, 0.1) is 6.54 Å². The molecule has 2 heterocycles. The summed E-state index contributed by atoms with van der Waals surface area (Å²) < 4.78 is 37.3. The van der Waals surface area contributed by atoms with Crippen molar-refractivity contribution in [3.05, 3.63) is 66.2 Å². The maximum Gasteiger partial charge on any atom is 0.242 e. The molecule has 0 unspecified atom stereocenters. The van der Waals surface area contributed by atoms with Crippen molar-refractivity contribution in [1.29, 1.82) is 0 Å². The smallest absolute Gasteiger partial charge is 0.242 e. The quantitative estimate of drug-likeness (QED) is 0.555. The molecule has 0 aliphatic rings. The first-order valence-corrected chi connectivity index (χ1v) is 9.44. The summed E-state index contributed by atoms with van der Waals surface area (Å²) in [6.45, 7) is -0.0993. The highest BCUT2D eigenvalue weighted by Gasteiger charge is 2.18. The van der Waals surface area contributed by atoms with E-state index in [0.29, 0.717) is 22.5 Å². The molecule has 0 atom stereocenters. The summed E-state index contributed by atoms with van der Waals surface area (Å²) in [6, 6.07) is 16.4. The number of para-hydroxylation sites is 1. The van der Waals surface area contributed by atoms with E-state index in [1.165, 1.54) is 0 Å². The summed E-state index contributed by atoms with van der Waals surface area (Å²) in [6.07, 6.45) is 0. The Bertz CT molecular complexity index is 1140. The molecule has 0 bridgehead atoms. The van der Waals surface area contributed by atoms with Crippen LogP contribution in [0.25, 0.3) is 22.4 Å². The Morgan fingerprint density at radius 2 is 1.69 bits per heavy atom. The lowest BCUT2D eigenvalue weighted by molar-refractivity contribution is 0.376. The van der Waals surface area contributed by atoms with Gasteiger partial charge in [-0.25, -0.2) is 13.1 Å². The van der Waals surface area contributed by atoms with Crippen LogP contribution in [0.2, 0.25) is 0 Å². The van der Waals surface area contributed by atoms with E-state index in [1.807, 2.05) is 30.3 Å². The van der Waals surface area contributed by atoms with E-state index in [4.69, 9.17) is 9.05 Å². The molecule has 9 heteroatoms. The summed E-state index contributed by atoms with van der Waals surface area (Å²) in [4.78, 5) is 4.19. The van der Waals surface area contributed by atoms with Crippen LogP contribution in [0, 0.1) is 0 Å². The number of nitrogens with one attached hydrogen (secondary N) is 1. The number of aromatic nitrogens is 3. The van der Waals surface area contributed by atoms with Crippen molar-refractivity contribution in [2.45, 2.75) is 12.3 Å². The minimum Gasteiger partial charge on any atom is -0.356 e. The van der Waals surface area contributed by atoms with Crippen LogP contribution < -0.4 is 4.72 Å². The summed E-state index contributed by atoms with van der Waals surface area (Å²) in [7, 11) is -3.65. The first-order chi connectivity index (χ1) is 12.6. The molecular formula is C17H14N4O4S. The van der Waals surface area contributed by atoms with Gasteiger partial charge in [0.25, 0.3) is 0 Å². The van der Waals surface area contributed by atoms with Crippen LogP contribution in [-0.2, 0) is 22.3 Å².